The molecule has 1 aliphatic heterocycles. The van der Waals surface area contributed by atoms with Crippen molar-refractivity contribution in [3.05, 3.63) is 11.4 Å². The molecule has 2 rings (SSSR count). The van der Waals surface area contributed by atoms with Gasteiger partial charge in [0.1, 0.15) is 4.90 Å². The van der Waals surface area contributed by atoms with Crippen LogP contribution in [-0.2, 0) is 16.6 Å². The van der Waals surface area contributed by atoms with Gasteiger partial charge in [-0.1, -0.05) is 20.8 Å². The van der Waals surface area contributed by atoms with E-state index in [1.165, 1.54) is 0 Å². The average Bonchev–Trinajstić information content (AvgIpc) is 2.92. The first-order valence-electron chi connectivity index (χ1n) is 7.85. The predicted octanol–water partition coefficient (Wildman–Crippen LogP) is 1.94. The summed E-state index contributed by atoms with van der Waals surface area (Å²) < 4.78 is 29.4. The molecule has 134 valence electrons. The quantitative estimate of drug-likeness (QED) is 0.865. The summed E-state index contributed by atoms with van der Waals surface area (Å²) in [6.45, 7) is 12.1. The maximum Gasteiger partial charge on any atom is 0.246 e. The van der Waals surface area contributed by atoms with Crippen molar-refractivity contribution < 1.29 is 8.42 Å². The lowest BCUT2D eigenvalue weighted by atomic mass is 9.90. The zero-order chi connectivity index (χ0) is 16.7. The third-order valence-electron chi connectivity index (χ3n) is 4.47. The Morgan fingerprint density at radius 1 is 1.35 bits per heavy atom. The van der Waals surface area contributed by atoms with Gasteiger partial charge in [-0.3, -0.25) is 4.68 Å². The van der Waals surface area contributed by atoms with Gasteiger partial charge in [0.15, 0.2) is 0 Å². The molecule has 1 atom stereocenters. The van der Waals surface area contributed by atoms with Gasteiger partial charge in [0.2, 0.25) is 10.0 Å². The van der Waals surface area contributed by atoms with Gasteiger partial charge in [-0.25, -0.2) is 8.42 Å². The van der Waals surface area contributed by atoms with E-state index >= 15 is 0 Å². The van der Waals surface area contributed by atoms with E-state index in [9.17, 15) is 8.42 Å². The van der Waals surface area contributed by atoms with E-state index in [4.69, 9.17) is 5.73 Å². The summed E-state index contributed by atoms with van der Waals surface area (Å²) in [5.41, 5.74) is 6.98. The lowest BCUT2D eigenvalue weighted by Crippen LogP contribution is -2.35. The Morgan fingerprint density at radius 2 is 1.96 bits per heavy atom. The molecular weight excluding hydrogens is 336 g/mol. The lowest BCUT2D eigenvalue weighted by molar-refractivity contribution is 0.349. The van der Waals surface area contributed by atoms with Crippen LogP contribution < -0.4 is 5.73 Å². The maximum atomic E-state index is 13.0. The van der Waals surface area contributed by atoms with Crippen LogP contribution in [0.5, 0.6) is 0 Å². The van der Waals surface area contributed by atoms with Gasteiger partial charge in [-0.05, 0) is 38.1 Å². The Kier molecular flexibility index (Phi) is 6.29. The van der Waals surface area contributed by atoms with E-state index in [1.807, 2.05) is 18.5 Å². The fourth-order valence-electron chi connectivity index (χ4n) is 3.06. The fourth-order valence-corrected chi connectivity index (χ4v) is 5.02. The van der Waals surface area contributed by atoms with Crippen molar-refractivity contribution in [1.29, 1.82) is 0 Å². The minimum Gasteiger partial charge on any atom is -0.330 e. The van der Waals surface area contributed by atoms with Crippen molar-refractivity contribution in [3.8, 4) is 0 Å². The molecule has 1 saturated heterocycles. The van der Waals surface area contributed by atoms with Crippen LogP contribution in [0.25, 0.3) is 0 Å². The number of hydrogen-bond acceptors (Lipinski definition) is 4. The highest BCUT2D eigenvalue weighted by atomic mass is 35.5. The average molecular weight is 365 g/mol. The van der Waals surface area contributed by atoms with Gasteiger partial charge >= 0.3 is 0 Å². The van der Waals surface area contributed by atoms with E-state index in [0.29, 0.717) is 36.1 Å². The fraction of sp³-hybridized carbons (Fsp3) is 0.800. The molecule has 0 spiro atoms. The molecule has 0 bridgehead atoms. The van der Waals surface area contributed by atoms with Crippen LogP contribution in [0, 0.1) is 25.2 Å². The van der Waals surface area contributed by atoms with Gasteiger partial charge < -0.3 is 5.73 Å². The molecule has 1 aromatic heterocycles. The number of nitrogens with two attached hydrogens (primary N) is 1. The van der Waals surface area contributed by atoms with Gasteiger partial charge in [0.25, 0.3) is 0 Å². The Hall–Kier alpha value is -0.630. The first-order valence-corrected chi connectivity index (χ1v) is 9.29. The molecule has 23 heavy (non-hydrogen) atoms. The monoisotopic (exact) mass is 364 g/mol. The zero-order valence-electron chi connectivity index (χ0n) is 14.7. The molecule has 0 amide bonds. The van der Waals surface area contributed by atoms with Gasteiger partial charge in [-0.2, -0.15) is 9.40 Å². The molecule has 0 aliphatic carbocycles. The van der Waals surface area contributed by atoms with Crippen molar-refractivity contribution >= 4 is 22.4 Å². The largest absolute Gasteiger partial charge is 0.330 e. The van der Waals surface area contributed by atoms with Crippen LogP contribution in [0.15, 0.2) is 4.90 Å². The minimum atomic E-state index is -3.50. The molecule has 8 heteroatoms. The summed E-state index contributed by atoms with van der Waals surface area (Å²) in [4.78, 5) is 0.370. The third-order valence-corrected chi connectivity index (χ3v) is 6.56. The molecule has 1 aromatic rings. The maximum absolute atomic E-state index is 13.0. The summed E-state index contributed by atoms with van der Waals surface area (Å²) in [7, 11) is -3.50. The van der Waals surface area contributed by atoms with E-state index in [0.717, 1.165) is 18.7 Å². The van der Waals surface area contributed by atoms with Crippen LogP contribution in [0.1, 0.15) is 38.6 Å². The molecule has 2 heterocycles. The molecule has 0 aromatic carbocycles. The Labute approximate surface area is 145 Å². The van der Waals surface area contributed by atoms with Crippen LogP contribution in [-0.4, -0.2) is 42.1 Å². The Balaban J connectivity index is 0.00000264. The molecule has 1 aliphatic rings. The Bertz CT molecular complexity index is 657. The molecule has 2 N–H and O–H groups in total. The smallest absolute Gasteiger partial charge is 0.246 e. The Morgan fingerprint density at radius 3 is 2.43 bits per heavy atom. The molecule has 1 fully saturated rings. The predicted molar refractivity (Wildman–Crippen MR) is 94.3 cm³/mol. The van der Waals surface area contributed by atoms with Crippen LogP contribution >= 0.6 is 12.4 Å². The van der Waals surface area contributed by atoms with Crippen molar-refractivity contribution in [3.63, 3.8) is 0 Å². The van der Waals surface area contributed by atoms with E-state index < -0.39 is 10.0 Å². The van der Waals surface area contributed by atoms with Crippen LogP contribution in [0.2, 0.25) is 0 Å². The highest BCUT2D eigenvalue weighted by molar-refractivity contribution is 7.89. The molecule has 1 unspecified atom stereocenters. The second-order valence-corrected chi connectivity index (χ2v) is 9.05. The van der Waals surface area contributed by atoms with Gasteiger partial charge in [0.05, 0.1) is 11.4 Å². The summed E-state index contributed by atoms with van der Waals surface area (Å²) >= 11 is 0. The summed E-state index contributed by atoms with van der Waals surface area (Å²) in [5.74, 6) is 0.417. The second-order valence-electron chi connectivity index (χ2n) is 7.18. The number of sulfonamides is 1. The number of hydrogen-bond donors (Lipinski definition) is 1. The third kappa shape index (κ3) is 3.90. The first kappa shape index (κ1) is 20.4. The summed E-state index contributed by atoms with van der Waals surface area (Å²) in [6.07, 6.45) is 0.807. The number of aryl methyl sites for hydroxylation is 1. The van der Waals surface area contributed by atoms with E-state index in [1.54, 1.807) is 11.2 Å². The topological polar surface area (TPSA) is 81.2 Å². The van der Waals surface area contributed by atoms with E-state index in [-0.39, 0.29) is 17.8 Å². The first-order chi connectivity index (χ1) is 10.1. The molecular formula is C15H29ClN4O2S. The van der Waals surface area contributed by atoms with Crippen molar-refractivity contribution in [2.75, 3.05) is 19.6 Å². The number of aromatic nitrogens is 2. The standard InChI is InChI=1S/C15H28N4O2S.ClH/c1-11(2)8-19-13(4)14(12(3)17-19)22(20,21)18-7-6-15(5,9-16)10-18;/h11H,6-10,16H2,1-5H3;1H. The molecule has 0 radical (unpaired) electrons. The van der Waals surface area contributed by atoms with E-state index in [2.05, 4.69) is 18.9 Å². The highest BCUT2D eigenvalue weighted by Gasteiger charge is 2.40. The SMILES string of the molecule is Cc1nn(CC(C)C)c(C)c1S(=O)(=O)N1CCC(C)(CN)C1.Cl. The number of rotatable bonds is 5. The number of halogens is 1. The number of nitrogens with zero attached hydrogens (tertiary/aromatic N) is 3. The molecule has 0 saturated carbocycles. The highest BCUT2D eigenvalue weighted by Crippen LogP contribution is 2.34. The van der Waals surface area contributed by atoms with Crippen molar-refractivity contribution in [2.24, 2.45) is 17.1 Å². The summed E-state index contributed by atoms with van der Waals surface area (Å²) in [5, 5.41) is 4.43. The molecule has 6 nitrogen and oxygen atoms in total. The van der Waals surface area contributed by atoms with Crippen LogP contribution in [0.3, 0.4) is 0 Å². The lowest BCUT2D eigenvalue weighted by Gasteiger charge is -2.22. The normalized spacial score (nSPS) is 22.6. The van der Waals surface area contributed by atoms with Gasteiger partial charge in [0, 0.05) is 19.6 Å². The van der Waals surface area contributed by atoms with Crippen LogP contribution in [0.4, 0.5) is 0 Å². The summed E-state index contributed by atoms with van der Waals surface area (Å²) in [6, 6.07) is 0. The van der Waals surface area contributed by atoms with Crippen molar-refractivity contribution in [1.82, 2.24) is 14.1 Å². The van der Waals surface area contributed by atoms with Crippen molar-refractivity contribution in [2.45, 2.75) is 52.5 Å². The second kappa shape index (κ2) is 7.09. The van der Waals surface area contributed by atoms with Gasteiger partial charge in [-0.15, -0.1) is 12.4 Å². The zero-order valence-corrected chi connectivity index (χ0v) is 16.3. The minimum absolute atomic E-state index is 0.